The lowest BCUT2D eigenvalue weighted by Gasteiger charge is -2.41. The highest BCUT2D eigenvalue weighted by Crippen LogP contribution is 2.30. The summed E-state index contributed by atoms with van der Waals surface area (Å²) in [6.07, 6.45) is -3.80. The number of aliphatic hydroxyl groups excluding tert-OH is 1. The van der Waals surface area contributed by atoms with Gasteiger partial charge >= 0.3 is 90.4 Å². The number of alkyl carbamates (subject to hydrolysis) is 6. The number of halogens is 3. The van der Waals surface area contributed by atoms with Gasteiger partial charge in [-0.1, -0.05) is 91.0 Å². The van der Waals surface area contributed by atoms with Crippen LogP contribution in [0.1, 0.15) is 156 Å². The second kappa shape index (κ2) is 55.5. The van der Waals surface area contributed by atoms with Crippen LogP contribution < -0.4 is 47.9 Å². The molecule has 5 heterocycles. The summed E-state index contributed by atoms with van der Waals surface area (Å²) >= 11 is 0. The summed E-state index contributed by atoms with van der Waals surface area (Å²) in [5, 5.41) is 40.7. The molecule has 0 aliphatic carbocycles. The second-order valence-electron chi connectivity index (χ2n) is 33.4. The molecule has 0 saturated carbocycles. The number of methoxy groups -OCH3 is 6. The van der Waals surface area contributed by atoms with E-state index in [1.165, 1.54) is 52.5 Å². The number of carbonyl (C=O) groups is 17. The number of nitrogens with zero attached hydrogens (tertiary/aromatic N) is 3. The van der Waals surface area contributed by atoms with E-state index in [1.54, 1.807) is 116 Å². The smallest absolute Gasteiger partial charge is 0.471 e. The van der Waals surface area contributed by atoms with Gasteiger partial charge in [-0.3, -0.25) is 34.1 Å². The molecule has 8 rings (SSSR count). The van der Waals surface area contributed by atoms with Crippen molar-refractivity contribution >= 4 is 102 Å². The van der Waals surface area contributed by atoms with Crippen LogP contribution >= 0.6 is 0 Å². The molecule has 5 saturated heterocycles. The van der Waals surface area contributed by atoms with Crippen molar-refractivity contribution in [2.24, 2.45) is 0 Å². The monoisotopic (exact) mass is 1890 g/mol. The van der Waals surface area contributed by atoms with Gasteiger partial charge in [0.2, 0.25) is 17.7 Å². The van der Waals surface area contributed by atoms with Gasteiger partial charge in [0, 0.05) is 19.1 Å². The molecular weight excluding hydrogens is 1770 g/mol. The molecular formula is C87H125F3N12O31. The van der Waals surface area contributed by atoms with E-state index in [0.717, 1.165) is 28.0 Å². The number of hydrogen-bond acceptors (Lipinski definition) is 32. The second-order valence-corrected chi connectivity index (χ2v) is 33.4. The maximum atomic E-state index is 13.7. The minimum atomic E-state index is -5.07. The molecule has 0 spiro atoms. The van der Waals surface area contributed by atoms with Crippen molar-refractivity contribution in [3.63, 3.8) is 0 Å². The molecule has 43 nitrogen and oxygen atoms in total. The van der Waals surface area contributed by atoms with Crippen LogP contribution in [0.25, 0.3) is 0 Å². The van der Waals surface area contributed by atoms with Gasteiger partial charge < -0.3 is 124 Å². The average Bonchev–Trinajstić information content (AvgIpc) is 1.77. The summed E-state index contributed by atoms with van der Waals surface area (Å²) in [7, 11) is 7.43. The SMILES string of the molecule is CC(C)(C)OC(=O)N[C@@H](CNC(=O)OCc1ccccc1)C(=O)O.COC(=O)[C@@H]1CCC[C@@H]2CNCC(NC(=O)C(F)(F)F)C(=O)N21.COC(=O)[C@@H]1CCC[C@H](C(=O)OC)N1.COC(=O)[C@@H]1CCC[C@H](CO)N1C(=O)[C@H](CNC(=O)OCc1ccccc1)NC(=O)OC(C)(C)C.COC(=O)[C@H]1CCC[C@@H](C(=O)OC)N1C(=O)[C@H](CNC(=O)OCc1ccccc1)NC(=O)OC(C)(C)C. The van der Waals surface area contributed by atoms with E-state index < -0.39 is 174 Å². The minimum Gasteiger partial charge on any atom is -0.480 e. The first-order valence-electron chi connectivity index (χ1n) is 42.6. The zero-order valence-corrected chi connectivity index (χ0v) is 77.1. The summed E-state index contributed by atoms with van der Waals surface area (Å²) in [6, 6.07) is 16.0. The van der Waals surface area contributed by atoms with Crippen molar-refractivity contribution < 1.29 is 162 Å². The molecule has 10 amide bonds. The molecule has 740 valence electrons. The number of piperidine rings is 4. The molecule has 3 aromatic carbocycles. The summed E-state index contributed by atoms with van der Waals surface area (Å²) in [6.45, 7) is 13.8. The molecule has 0 aromatic heterocycles. The van der Waals surface area contributed by atoms with Gasteiger partial charge in [-0.25, -0.2) is 52.7 Å². The predicted octanol–water partition coefficient (Wildman–Crippen LogP) is 4.92. The maximum absolute atomic E-state index is 13.7. The Balaban J connectivity index is 0.000000359. The van der Waals surface area contributed by atoms with Crippen molar-refractivity contribution in [3.8, 4) is 0 Å². The fraction of sp³-hybridized carbons (Fsp3) is 0.598. The highest BCUT2D eigenvalue weighted by Gasteiger charge is 2.49. The Morgan fingerprint density at radius 1 is 0.421 bits per heavy atom. The number of hydrogen-bond donors (Lipinski definition) is 11. The number of benzene rings is 3. The largest absolute Gasteiger partial charge is 0.480 e. The van der Waals surface area contributed by atoms with Crippen molar-refractivity contribution in [1.29, 1.82) is 0 Å². The topological polar surface area (TPSA) is 559 Å². The van der Waals surface area contributed by atoms with Crippen LogP contribution in [-0.2, 0) is 129 Å². The normalized spacial score (nSPS) is 19.9. The first-order valence-corrected chi connectivity index (χ1v) is 42.6. The summed E-state index contributed by atoms with van der Waals surface area (Å²) < 4.78 is 96.4. The Morgan fingerprint density at radius 3 is 1.10 bits per heavy atom. The Kier molecular flexibility index (Phi) is 46.9. The number of ether oxygens (including phenoxy) is 12. The number of alkyl halides is 3. The van der Waals surface area contributed by atoms with Gasteiger partial charge in [-0.15, -0.1) is 0 Å². The van der Waals surface area contributed by atoms with Crippen molar-refractivity contribution in [2.45, 2.75) is 255 Å². The predicted molar refractivity (Wildman–Crippen MR) is 460 cm³/mol. The zero-order valence-electron chi connectivity index (χ0n) is 77.1. The summed E-state index contributed by atoms with van der Waals surface area (Å²) in [5.74, 6) is -8.93. The number of aliphatic carboxylic acids is 1. The number of likely N-dealkylation sites (tertiary alicyclic amines) is 2. The molecule has 0 radical (unpaired) electrons. The first-order chi connectivity index (χ1) is 62.6. The molecule has 0 bridgehead atoms. The molecule has 5 aliphatic rings. The summed E-state index contributed by atoms with van der Waals surface area (Å²) in [5.41, 5.74) is -0.111. The number of esters is 6. The number of aliphatic hydroxyl groups is 1. The highest BCUT2D eigenvalue weighted by molar-refractivity contribution is 5.96. The molecule has 133 heavy (non-hydrogen) atoms. The Bertz CT molecular complexity index is 4290. The fourth-order valence-electron chi connectivity index (χ4n) is 13.8. The van der Waals surface area contributed by atoms with Gasteiger partial charge in [0.25, 0.3) is 0 Å². The third-order valence-electron chi connectivity index (χ3n) is 19.9. The standard InChI is InChI=1S/C25H35N3O9.C24H35N3O8.C16H22N2O6.C13H18F3N3O4.C9H15NO4/c1-25(2,3)37-24(33)27-17(14-26-23(32)36-15-16-10-7-6-8-11-16)20(29)28-18(21(30)34-4)12-9-13-19(28)22(31)35-5;1-24(2,3)35-23(32)26-18(13-25-22(31)34-15-16-9-6-5-7-10-16)20(29)27-17(14-28)11-8-12-19(27)21(30)33-4;1-16(2,3)24-15(22)18-12(13(19)20)9-17-14(21)23-10-11-7-5-4-6-8-11;1-23-11(21)9-4-2-3-7-5-17-6-8(10(20)19(7)9)18-12(22)13(14,15)16;1-13-8(11)6-4-3-5-7(10-6)9(12)14-2/h6-8,10-11,17-19H,9,12-15H2,1-5H3,(H,26,32)(H,27,33);5-7,9-10,17-19,28H,8,11-15H2,1-4H3,(H,25,31)(H,26,32);4-8,12H,9-10H2,1-3H3,(H,17,21)(H,18,22)(H,19,20);7-9,17H,2-6H2,1H3,(H,18,22);6-7,10H,3-5H2,1-2H3/t17-,18-,19+;17-,18+,19+;12-;7-,8?,9+;6-,7+/m0101./s1. The van der Waals surface area contributed by atoms with E-state index >= 15 is 0 Å². The first kappa shape index (κ1) is 112. The third kappa shape index (κ3) is 40.0. The Hall–Kier alpha value is -12.9. The summed E-state index contributed by atoms with van der Waals surface area (Å²) in [4.78, 5) is 210. The number of fused-ring (bicyclic) bond motifs is 1. The Morgan fingerprint density at radius 2 is 0.744 bits per heavy atom. The van der Waals surface area contributed by atoms with Crippen LogP contribution in [0, 0.1) is 0 Å². The number of nitrogens with one attached hydrogen (secondary N) is 9. The number of carboxylic acids is 1. The molecule has 46 heteroatoms. The molecule has 1 unspecified atom stereocenters. The van der Waals surface area contributed by atoms with Crippen LogP contribution in [0.3, 0.4) is 0 Å². The van der Waals surface area contributed by atoms with Crippen molar-refractivity contribution in [1.82, 2.24) is 62.6 Å². The lowest BCUT2D eigenvalue weighted by atomic mass is 9.94. The van der Waals surface area contributed by atoms with Crippen molar-refractivity contribution in [3.05, 3.63) is 108 Å². The Labute approximate surface area is 767 Å². The molecule has 11 N–H and O–H groups in total. The molecule has 12 atom stereocenters. The lowest BCUT2D eigenvalue weighted by molar-refractivity contribution is -0.175. The van der Waals surface area contributed by atoms with E-state index in [1.807, 2.05) is 42.5 Å². The van der Waals surface area contributed by atoms with Crippen LogP contribution in [-0.4, -0.2) is 304 Å². The van der Waals surface area contributed by atoms with E-state index in [4.69, 9.17) is 47.7 Å². The minimum absolute atomic E-state index is 0.00820. The number of carbonyl (C=O) groups excluding carboxylic acids is 16. The number of amides is 10. The molecule has 5 fully saturated rings. The van der Waals surface area contributed by atoms with Gasteiger partial charge in [-0.05, 0) is 156 Å². The number of carboxylic acid groups (broad SMARTS) is 1. The number of rotatable bonds is 26. The van der Waals surface area contributed by atoms with E-state index in [-0.39, 0.29) is 89.0 Å². The van der Waals surface area contributed by atoms with E-state index in [9.17, 15) is 99.8 Å². The van der Waals surface area contributed by atoms with E-state index in [2.05, 4.69) is 56.7 Å². The fourth-order valence-corrected chi connectivity index (χ4v) is 13.8. The lowest BCUT2D eigenvalue weighted by Crippen LogP contribution is -2.63. The van der Waals surface area contributed by atoms with Crippen LogP contribution in [0.4, 0.5) is 41.9 Å². The van der Waals surface area contributed by atoms with Crippen LogP contribution in [0.15, 0.2) is 91.0 Å². The quantitative estimate of drug-likeness (QED) is 0.0375. The third-order valence-corrected chi connectivity index (χ3v) is 19.9. The van der Waals surface area contributed by atoms with Crippen LogP contribution in [0.5, 0.6) is 0 Å². The zero-order chi connectivity index (χ0) is 99.5. The van der Waals surface area contributed by atoms with Gasteiger partial charge in [-0.2, -0.15) is 13.2 Å². The van der Waals surface area contributed by atoms with Gasteiger partial charge in [0.05, 0.1) is 74.9 Å². The maximum Gasteiger partial charge on any atom is 0.471 e. The van der Waals surface area contributed by atoms with Gasteiger partial charge in [0.15, 0.2) is 0 Å². The van der Waals surface area contributed by atoms with Crippen LogP contribution in [0.2, 0.25) is 0 Å². The average molecular weight is 1890 g/mol. The molecule has 3 aromatic rings. The molecule has 5 aliphatic heterocycles. The van der Waals surface area contributed by atoms with E-state index in [0.29, 0.717) is 64.3 Å². The highest BCUT2D eigenvalue weighted by atomic mass is 19.4. The van der Waals surface area contributed by atoms with Gasteiger partial charge in [0.1, 0.15) is 97.0 Å². The van der Waals surface area contributed by atoms with Crippen molar-refractivity contribution in [2.75, 3.05) is 82.0 Å².